The van der Waals surface area contributed by atoms with E-state index in [1.165, 1.54) is 11.8 Å². The third-order valence-corrected chi connectivity index (χ3v) is 11.6. The van der Waals surface area contributed by atoms with E-state index < -0.39 is 20.2 Å². The lowest BCUT2D eigenvalue weighted by molar-refractivity contribution is -0.704. The van der Waals surface area contributed by atoms with E-state index in [-0.39, 0.29) is 30.0 Å². The maximum atomic E-state index is 11.6. The van der Waals surface area contributed by atoms with E-state index in [0.29, 0.717) is 50.8 Å². The first-order valence-electron chi connectivity index (χ1n) is 12.5. The van der Waals surface area contributed by atoms with Gasteiger partial charge in [0.25, 0.3) is 0 Å². The van der Waals surface area contributed by atoms with Crippen molar-refractivity contribution in [2.24, 2.45) is 16.8 Å². The summed E-state index contributed by atoms with van der Waals surface area (Å²) in [5.74, 6) is 0.496. The highest BCUT2D eigenvalue weighted by molar-refractivity contribution is 8.13. The molecular formula is C20H41N8O4S2+. The number of sulfonamides is 1. The minimum Gasteiger partial charge on any atom is -0.387 e. The summed E-state index contributed by atoms with van der Waals surface area (Å²) in [6.45, 7) is 2.33. The number of hydrogen-bond acceptors (Lipinski definition) is 11. The zero-order valence-corrected chi connectivity index (χ0v) is 21.1. The average molecular weight is 522 g/mol. The summed E-state index contributed by atoms with van der Waals surface area (Å²) >= 11 is 1.43. The summed E-state index contributed by atoms with van der Waals surface area (Å²) in [5.41, 5.74) is 5.07. The number of quaternary nitrogens is 1. The Morgan fingerprint density at radius 1 is 1.24 bits per heavy atom. The smallest absolute Gasteiger partial charge is 0.221 e. The van der Waals surface area contributed by atoms with Gasteiger partial charge >= 0.3 is 0 Å². The number of nitrogens with one attached hydrogen (secondary N) is 5. The van der Waals surface area contributed by atoms with Crippen molar-refractivity contribution < 1.29 is 23.6 Å². The minimum atomic E-state index is -3.50. The highest BCUT2D eigenvalue weighted by atomic mass is 32.3. The summed E-state index contributed by atoms with van der Waals surface area (Å²) in [6.07, 6.45) is 4.53. The van der Waals surface area contributed by atoms with Gasteiger partial charge in [0.15, 0.2) is 0 Å². The predicted octanol–water partition coefficient (Wildman–Crippen LogP) is -4.06. The molecule has 5 rings (SSSR count). The van der Waals surface area contributed by atoms with Gasteiger partial charge in [0.05, 0.1) is 36.5 Å². The molecule has 1 saturated carbocycles. The third kappa shape index (κ3) is 5.73. The summed E-state index contributed by atoms with van der Waals surface area (Å²) in [5, 5.41) is 36.5. The molecule has 0 aromatic rings. The maximum Gasteiger partial charge on any atom is 0.221 e. The molecule has 4 aliphatic heterocycles. The molecule has 1 aliphatic carbocycles. The summed E-state index contributed by atoms with van der Waals surface area (Å²) < 4.78 is 29.1. The standard InChI is InChI=1S/C20H40N8O4S2/c21-7-12-5-11-6-20(29,4-3-14(11)26-12)9-32-18-16-17(25-10-24-16)27-19(28-18)23-8-13-1-2-15(33-13)34(22,30)31/h11-19,23-29H,1-10,21H2,(H2,22,30,31)/p+1/t11-,12+,13?,14-,15?,16?,17?,18?,19?,20+/m1/s1. The minimum absolute atomic E-state index is 0.0253. The van der Waals surface area contributed by atoms with E-state index in [0.717, 1.165) is 32.1 Å². The summed E-state index contributed by atoms with van der Waals surface area (Å²) in [7, 11) is -3.50. The number of rotatable bonds is 8. The Morgan fingerprint density at radius 3 is 2.85 bits per heavy atom. The first-order chi connectivity index (χ1) is 16.2. The van der Waals surface area contributed by atoms with E-state index in [4.69, 9.17) is 15.6 Å². The van der Waals surface area contributed by atoms with Gasteiger partial charge in [0.2, 0.25) is 10.0 Å². The van der Waals surface area contributed by atoms with E-state index in [1.807, 2.05) is 0 Å². The van der Waals surface area contributed by atoms with E-state index in [9.17, 15) is 13.5 Å². The van der Waals surface area contributed by atoms with Gasteiger partial charge in [-0.15, -0.1) is 11.8 Å². The molecule has 5 fully saturated rings. The second-order valence-corrected chi connectivity index (χ2v) is 14.2. The van der Waals surface area contributed by atoms with Crippen molar-refractivity contribution in [2.45, 2.75) is 90.8 Å². The van der Waals surface area contributed by atoms with Crippen molar-refractivity contribution in [3.05, 3.63) is 0 Å². The van der Waals surface area contributed by atoms with Crippen LogP contribution in [-0.4, -0.2) is 92.1 Å². The van der Waals surface area contributed by atoms with Crippen molar-refractivity contribution in [1.29, 1.82) is 0 Å². The molecule has 4 saturated heterocycles. The monoisotopic (exact) mass is 521 g/mol. The molecule has 12 N–H and O–H groups in total. The lowest BCUT2D eigenvalue weighted by Gasteiger charge is -2.43. The van der Waals surface area contributed by atoms with Gasteiger partial charge in [-0.1, -0.05) is 0 Å². The van der Waals surface area contributed by atoms with Crippen LogP contribution in [0.1, 0.15) is 38.5 Å². The van der Waals surface area contributed by atoms with Gasteiger partial charge < -0.3 is 20.9 Å². The zero-order chi connectivity index (χ0) is 23.9. The van der Waals surface area contributed by atoms with Gasteiger partial charge in [-0.05, 0) is 25.7 Å². The van der Waals surface area contributed by atoms with Gasteiger partial charge in [0.1, 0.15) is 17.1 Å². The van der Waals surface area contributed by atoms with Gasteiger partial charge in [-0.25, -0.2) is 13.6 Å². The molecule has 0 amide bonds. The van der Waals surface area contributed by atoms with Crippen LogP contribution in [0.25, 0.3) is 0 Å². The van der Waals surface area contributed by atoms with Crippen molar-refractivity contribution in [3.63, 3.8) is 0 Å². The summed E-state index contributed by atoms with van der Waals surface area (Å²) in [6, 6.07) is 1.09. The quantitative estimate of drug-likeness (QED) is 0.151. The Labute approximate surface area is 205 Å². The average Bonchev–Trinajstić information content (AvgIpc) is 3.54. The van der Waals surface area contributed by atoms with Gasteiger partial charge in [-0.2, -0.15) is 0 Å². The van der Waals surface area contributed by atoms with E-state index >= 15 is 0 Å². The topological polar surface area (TPSA) is 192 Å². The lowest BCUT2D eigenvalue weighted by atomic mass is 9.75. The predicted molar refractivity (Wildman–Crippen MR) is 129 cm³/mol. The number of thioether (sulfide) groups is 1. The number of fused-ring (bicyclic) bond motifs is 2. The number of primary sulfonamides is 1. The number of hydrogen-bond donors (Lipinski definition) is 9. The van der Waals surface area contributed by atoms with Crippen molar-refractivity contribution in [1.82, 2.24) is 26.6 Å². The van der Waals surface area contributed by atoms with Crippen LogP contribution in [0.4, 0.5) is 0 Å². The van der Waals surface area contributed by atoms with Crippen molar-refractivity contribution in [2.75, 3.05) is 26.4 Å². The molecule has 6 unspecified atom stereocenters. The molecular weight excluding hydrogens is 480 g/mol. The molecule has 34 heavy (non-hydrogen) atoms. The molecule has 4 heterocycles. The third-order valence-electron chi connectivity index (χ3n) is 8.16. The molecule has 0 aromatic carbocycles. The maximum absolute atomic E-state index is 11.6. The van der Waals surface area contributed by atoms with Crippen LogP contribution < -0.4 is 42.8 Å². The number of ether oxygens (including phenoxy) is 1. The van der Waals surface area contributed by atoms with Crippen LogP contribution in [-0.2, 0) is 14.8 Å². The van der Waals surface area contributed by atoms with E-state index in [1.54, 1.807) is 0 Å². The number of aliphatic hydroxyl groups is 1. The van der Waals surface area contributed by atoms with Crippen molar-refractivity contribution in [3.8, 4) is 0 Å². The molecule has 5 aliphatic rings. The molecule has 0 bridgehead atoms. The summed E-state index contributed by atoms with van der Waals surface area (Å²) in [4.78, 5) is 0. The molecule has 0 radical (unpaired) electrons. The van der Waals surface area contributed by atoms with Crippen LogP contribution in [0.15, 0.2) is 0 Å². The van der Waals surface area contributed by atoms with Crippen molar-refractivity contribution >= 4 is 21.8 Å². The first-order valence-corrected chi connectivity index (χ1v) is 15.1. The molecule has 196 valence electrons. The SMILES string of the molecule is NC[C@@H]1C[C@@H]2C[C@](O)(COC3NC(NCC4CCC(S(N)(=O)=O)S4)NC4NCNC43)CC[C@H]2[NH2+]1. The van der Waals surface area contributed by atoms with Crippen LogP contribution >= 0.6 is 11.8 Å². The fourth-order valence-corrected chi connectivity index (χ4v) is 9.07. The Hall–Kier alpha value is -0.100. The zero-order valence-electron chi connectivity index (χ0n) is 19.5. The highest BCUT2D eigenvalue weighted by Gasteiger charge is 2.48. The second-order valence-electron chi connectivity index (χ2n) is 10.7. The van der Waals surface area contributed by atoms with Crippen LogP contribution in [0.2, 0.25) is 0 Å². The Bertz CT molecular complexity index is 824. The molecule has 0 spiro atoms. The van der Waals surface area contributed by atoms with Crippen LogP contribution in [0.3, 0.4) is 0 Å². The van der Waals surface area contributed by atoms with E-state index in [2.05, 4.69) is 31.9 Å². The molecule has 12 nitrogen and oxygen atoms in total. The van der Waals surface area contributed by atoms with Crippen LogP contribution in [0.5, 0.6) is 0 Å². The first kappa shape index (κ1) is 25.5. The Morgan fingerprint density at radius 2 is 2.09 bits per heavy atom. The lowest BCUT2D eigenvalue weighted by Crippen LogP contribution is -2.93. The second kappa shape index (κ2) is 10.3. The Kier molecular flexibility index (Phi) is 7.77. The Balaban J connectivity index is 1.13. The normalized spacial score (nSPS) is 47.0. The van der Waals surface area contributed by atoms with Gasteiger partial charge in [-0.3, -0.25) is 26.6 Å². The largest absolute Gasteiger partial charge is 0.387 e. The number of nitrogens with two attached hydrogens (primary N) is 3. The molecule has 14 heteroatoms. The fraction of sp³-hybridized carbons (Fsp3) is 1.00. The molecule has 0 aromatic heterocycles. The molecule has 10 atom stereocenters. The van der Waals surface area contributed by atoms with Gasteiger partial charge in [0, 0.05) is 43.8 Å². The van der Waals surface area contributed by atoms with Crippen LogP contribution in [0, 0.1) is 5.92 Å². The fourth-order valence-electron chi connectivity index (χ4n) is 6.35. The highest BCUT2D eigenvalue weighted by Crippen LogP contribution is 2.37.